The third-order valence-electron chi connectivity index (χ3n) is 5.37. The fourth-order valence-corrected chi connectivity index (χ4v) is 4.77. The lowest BCUT2D eigenvalue weighted by atomic mass is 9.89. The van der Waals surface area contributed by atoms with Gasteiger partial charge < -0.3 is 9.32 Å². The number of carbonyl (C=O) groups excluding carboxylic acids is 1. The van der Waals surface area contributed by atoms with Crippen LogP contribution >= 0.6 is 11.3 Å². The predicted octanol–water partition coefficient (Wildman–Crippen LogP) is 5.58. The normalized spacial score (nSPS) is 15.2. The van der Waals surface area contributed by atoms with E-state index in [1.54, 1.807) is 17.4 Å². The molecule has 4 nitrogen and oxygen atoms in total. The molecule has 140 valence electrons. The molecule has 0 unspecified atom stereocenters. The lowest BCUT2D eigenvalue weighted by Crippen LogP contribution is -2.37. The number of piperidine rings is 1. The molecule has 0 saturated carbocycles. The lowest BCUT2D eigenvalue weighted by Gasteiger charge is -2.31. The SMILES string of the molecule is O=C(c1ccc(-c2nc3ccccc3s2)o1)N1CCC(c2ccccc2)CC1. The van der Waals surface area contributed by atoms with Gasteiger partial charge in [-0.2, -0.15) is 0 Å². The Bertz CT molecular complexity index is 1070. The van der Waals surface area contributed by atoms with Crippen LogP contribution < -0.4 is 0 Å². The number of likely N-dealkylation sites (tertiary alicyclic amines) is 1. The predicted molar refractivity (Wildman–Crippen MR) is 112 cm³/mol. The van der Waals surface area contributed by atoms with E-state index in [0.717, 1.165) is 41.2 Å². The molecule has 28 heavy (non-hydrogen) atoms. The zero-order chi connectivity index (χ0) is 18.9. The van der Waals surface area contributed by atoms with E-state index in [-0.39, 0.29) is 5.91 Å². The molecule has 2 aromatic heterocycles. The number of nitrogens with zero attached hydrogens (tertiary/aromatic N) is 2. The van der Waals surface area contributed by atoms with E-state index in [0.29, 0.717) is 17.4 Å². The van der Waals surface area contributed by atoms with Gasteiger partial charge in [0.1, 0.15) is 0 Å². The van der Waals surface area contributed by atoms with Gasteiger partial charge in [0, 0.05) is 13.1 Å². The summed E-state index contributed by atoms with van der Waals surface area (Å²) in [7, 11) is 0. The van der Waals surface area contributed by atoms with Crippen molar-refractivity contribution in [1.29, 1.82) is 0 Å². The largest absolute Gasteiger partial charge is 0.448 e. The van der Waals surface area contributed by atoms with Gasteiger partial charge in [-0.3, -0.25) is 4.79 Å². The number of carbonyl (C=O) groups is 1. The van der Waals surface area contributed by atoms with Crippen LogP contribution in [0.4, 0.5) is 0 Å². The second-order valence-corrected chi connectivity index (χ2v) is 8.16. The maximum absolute atomic E-state index is 12.9. The van der Waals surface area contributed by atoms with Gasteiger partial charge in [-0.15, -0.1) is 11.3 Å². The summed E-state index contributed by atoms with van der Waals surface area (Å²) in [5, 5.41) is 0.808. The molecule has 5 rings (SSSR count). The molecular weight excluding hydrogens is 368 g/mol. The van der Waals surface area contributed by atoms with Gasteiger partial charge >= 0.3 is 0 Å². The minimum Gasteiger partial charge on any atom is -0.448 e. The molecule has 1 saturated heterocycles. The summed E-state index contributed by atoms with van der Waals surface area (Å²) in [6.07, 6.45) is 1.97. The van der Waals surface area contributed by atoms with E-state index in [2.05, 4.69) is 29.2 Å². The van der Waals surface area contributed by atoms with Gasteiger partial charge in [0.25, 0.3) is 5.91 Å². The van der Waals surface area contributed by atoms with E-state index in [1.165, 1.54) is 5.56 Å². The first-order chi connectivity index (χ1) is 13.8. The summed E-state index contributed by atoms with van der Waals surface area (Å²) in [5.41, 5.74) is 2.32. The van der Waals surface area contributed by atoms with Crippen LogP contribution in [0.25, 0.3) is 21.0 Å². The highest BCUT2D eigenvalue weighted by Crippen LogP contribution is 2.32. The molecule has 0 spiro atoms. The topological polar surface area (TPSA) is 46.3 Å². The quantitative estimate of drug-likeness (QED) is 0.460. The summed E-state index contributed by atoms with van der Waals surface area (Å²) in [4.78, 5) is 19.4. The monoisotopic (exact) mass is 388 g/mol. The number of rotatable bonds is 3. The molecule has 0 atom stereocenters. The number of hydrogen-bond acceptors (Lipinski definition) is 4. The molecule has 0 N–H and O–H groups in total. The summed E-state index contributed by atoms with van der Waals surface area (Å²) in [6, 6.07) is 22.2. The van der Waals surface area contributed by atoms with E-state index in [1.807, 2.05) is 41.3 Å². The minimum atomic E-state index is -0.0288. The summed E-state index contributed by atoms with van der Waals surface area (Å²) in [6.45, 7) is 1.52. The van der Waals surface area contributed by atoms with Gasteiger partial charge in [0.05, 0.1) is 10.2 Å². The van der Waals surface area contributed by atoms with E-state index < -0.39 is 0 Å². The first-order valence-electron chi connectivity index (χ1n) is 9.58. The molecule has 0 bridgehead atoms. The number of fused-ring (bicyclic) bond motifs is 1. The summed E-state index contributed by atoms with van der Waals surface area (Å²) < 4.78 is 7.00. The number of thiazole rings is 1. The van der Waals surface area contributed by atoms with Gasteiger partial charge in [0.15, 0.2) is 16.5 Å². The summed E-state index contributed by atoms with van der Waals surface area (Å²) >= 11 is 1.58. The first-order valence-corrected chi connectivity index (χ1v) is 10.4. The summed E-state index contributed by atoms with van der Waals surface area (Å²) in [5.74, 6) is 1.55. The fourth-order valence-electron chi connectivity index (χ4n) is 3.84. The molecular formula is C23H20N2O2S. The van der Waals surface area contributed by atoms with Gasteiger partial charge in [-0.1, -0.05) is 42.5 Å². The standard InChI is InChI=1S/C23H20N2O2S/c26-23(25-14-12-17(13-15-25)16-6-2-1-3-7-16)20-11-10-19(27-20)22-24-18-8-4-5-9-21(18)28-22/h1-11,17H,12-15H2. The van der Waals surface area contributed by atoms with Crippen molar-refractivity contribution in [2.75, 3.05) is 13.1 Å². The van der Waals surface area contributed by atoms with Crippen LogP contribution in [0.2, 0.25) is 0 Å². The first kappa shape index (κ1) is 17.2. The maximum Gasteiger partial charge on any atom is 0.289 e. The third kappa shape index (κ3) is 3.22. The molecule has 1 fully saturated rings. The van der Waals surface area contributed by atoms with Crippen molar-refractivity contribution in [2.45, 2.75) is 18.8 Å². The van der Waals surface area contributed by atoms with Crippen molar-refractivity contribution in [3.05, 3.63) is 78.1 Å². The highest BCUT2D eigenvalue weighted by molar-refractivity contribution is 7.21. The highest BCUT2D eigenvalue weighted by Gasteiger charge is 2.26. The molecule has 1 aliphatic heterocycles. The second kappa shape index (κ2) is 7.24. The van der Waals surface area contributed by atoms with E-state index in [4.69, 9.17) is 4.42 Å². The maximum atomic E-state index is 12.9. The van der Waals surface area contributed by atoms with E-state index >= 15 is 0 Å². The van der Waals surface area contributed by atoms with Crippen molar-refractivity contribution in [3.8, 4) is 10.8 Å². The molecule has 5 heteroatoms. The van der Waals surface area contributed by atoms with Crippen LogP contribution in [-0.2, 0) is 0 Å². The van der Waals surface area contributed by atoms with Crippen molar-refractivity contribution in [2.24, 2.45) is 0 Å². The van der Waals surface area contributed by atoms with Crippen molar-refractivity contribution in [3.63, 3.8) is 0 Å². The van der Waals surface area contributed by atoms with Crippen LogP contribution in [0.15, 0.2) is 71.1 Å². The van der Waals surface area contributed by atoms with Crippen molar-refractivity contribution < 1.29 is 9.21 Å². The van der Waals surface area contributed by atoms with Gasteiger partial charge in [-0.25, -0.2) is 4.98 Å². The van der Waals surface area contributed by atoms with Gasteiger partial charge in [0.2, 0.25) is 0 Å². The average Bonchev–Trinajstić information content (AvgIpc) is 3.41. The van der Waals surface area contributed by atoms with Crippen LogP contribution in [0, 0.1) is 0 Å². The number of aromatic nitrogens is 1. The number of benzene rings is 2. The number of para-hydroxylation sites is 1. The molecule has 1 amide bonds. The average molecular weight is 388 g/mol. The molecule has 4 aromatic rings. The highest BCUT2D eigenvalue weighted by atomic mass is 32.1. The van der Waals surface area contributed by atoms with Crippen molar-refractivity contribution >= 4 is 27.5 Å². The molecule has 1 aliphatic rings. The van der Waals surface area contributed by atoms with Crippen LogP contribution in [0.1, 0.15) is 34.9 Å². The Hall–Kier alpha value is -2.92. The molecule has 2 aromatic carbocycles. The number of hydrogen-bond donors (Lipinski definition) is 0. The molecule has 3 heterocycles. The number of furan rings is 1. The van der Waals surface area contributed by atoms with Crippen molar-refractivity contribution in [1.82, 2.24) is 9.88 Å². The molecule has 0 aliphatic carbocycles. The minimum absolute atomic E-state index is 0.0288. The van der Waals surface area contributed by atoms with Crippen LogP contribution in [0.3, 0.4) is 0 Å². The smallest absolute Gasteiger partial charge is 0.289 e. The Labute approximate surface area is 167 Å². The lowest BCUT2D eigenvalue weighted by molar-refractivity contribution is 0.0681. The zero-order valence-electron chi connectivity index (χ0n) is 15.4. The Morgan fingerprint density at radius 3 is 2.50 bits per heavy atom. The number of amides is 1. The van der Waals surface area contributed by atoms with Crippen LogP contribution in [0.5, 0.6) is 0 Å². The van der Waals surface area contributed by atoms with E-state index in [9.17, 15) is 4.79 Å². The fraction of sp³-hybridized carbons (Fsp3) is 0.217. The van der Waals surface area contributed by atoms with Crippen LogP contribution in [-0.4, -0.2) is 28.9 Å². The Morgan fingerprint density at radius 1 is 0.964 bits per heavy atom. The zero-order valence-corrected chi connectivity index (χ0v) is 16.2. The Morgan fingerprint density at radius 2 is 1.71 bits per heavy atom. The van der Waals surface area contributed by atoms with Gasteiger partial charge in [-0.05, 0) is 48.6 Å². The Kier molecular flexibility index (Phi) is 4.45. The second-order valence-electron chi connectivity index (χ2n) is 7.13. The Balaban J connectivity index is 1.29. The molecule has 0 radical (unpaired) electrons. The third-order valence-corrected chi connectivity index (χ3v) is 6.43.